The Labute approximate surface area is 104 Å². The lowest BCUT2D eigenvalue weighted by Crippen LogP contribution is -2.41. The molecule has 0 N–H and O–H groups in total. The summed E-state index contributed by atoms with van der Waals surface area (Å²) in [5.41, 5.74) is 0. The second kappa shape index (κ2) is 8.08. The molecular weight excluding hydrogens is 216 g/mol. The highest BCUT2D eigenvalue weighted by Gasteiger charge is 2.24. The van der Waals surface area contributed by atoms with Gasteiger partial charge in [0.15, 0.2) is 0 Å². The third-order valence-electron chi connectivity index (χ3n) is 3.19. The van der Waals surface area contributed by atoms with E-state index in [1.165, 1.54) is 12.8 Å². The predicted molar refractivity (Wildman–Crippen MR) is 65.3 cm³/mol. The minimum absolute atomic E-state index is 0.0929. The van der Waals surface area contributed by atoms with E-state index in [0.29, 0.717) is 25.5 Å². The van der Waals surface area contributed by atoms with Crippen LogP contribution >= 0.6 is 0 Å². The SMILES string of the molecule is CCOC(=O)CC1CCCCN1CCCC#N. The number of nitrogens with zero attached hydrogens (tertiary/aromatic N) is 2. The minimum Gasteiger partial charge on any atom is -0.466 e. The van der Waals surface area contributed by atoms with Crippen molar-refractivity contribution in [2.24, 2.45) is 0 Å². The molecule has 0 amide bonds. The number of nitriles is 1. The van der Waals surface area contributed by atoms with Crippen LogP contribution < -0.4 is 0 Å². The largest absolute Gasteiger partial charge is 0.466 e. The molecule has 4 nitrogen and oxygen atoms in total. The number of rotatable bonds is 6. The quantitative estimate of drug-likeness (QED) is 0.525. The predicted octanol–water partition coefficient (Wildman–Crippen LogP) is 2.10. The summed E-state index contributed by atoms with van der Waals surface area (Å²) in [6.45, 7) is 4.27. The second-order valence-corrected chi connectivity index (χ2v) is 4.46. The lowest BCUT2D eigenvalue weighted by atomic mass is 9.99. The van der Waals surface area contributed by atoms with Crippen LogP contribution in [-0.2, 0) is 9.53 Å². The summed E-state index contributed by atoms with van der Waals surface area (Å²) in [6.07, 6.45) is 5.47. The van der Waals surface area contributed by atoms with Gasteiger partial charge in [-0.25, -0.2) is 0 Å². The average Bonchev–Trinajstić information content (AvgIpc) is 2.32. The number of hydrogen-bond acceptors (Lipinski definition) is 4. The van der Waals surface area contributed by atoms with Crippen LogP contribution in [0.15, 0.2) is 0 Å². The molecule has 0 aliphatic carbocycles. The first kappa shape index (κ1) is 14.0. The van der Waals surface area contributed by atoms with Gasteiger partial charge in [-0.3, -0.25) is 9.69 Å². The lowest BCUT2D eigenvalue weighted by molar-refractivity contribution is -0.144. The van der Waals surface area contributed by atoms with Crippen molar-refractivity contribution in [3.63, 3.8) is 0 Å². The summed E-state index contributed by atoms with van der Waals surface area (Å²) >= 11 is 0. The Hall–Kier alpha value is -1.08. The van der Waals surface area contributed by atoms with Crippen molar-refractivity contribution in [2.75, 3.05) is 19.7 Å². The Bertz CT molecular complexity index is 273. The summed E-state index contributed by atoms with van der Waals surface area (Å²) in [4.78, 5) is 13.8. The molecule has 1 rings (SSSR count). The number of hydrogen-bond donors (Lipinski definition) is 0. The van der Waals surface area contributed by atoms with Gasteiger partial charge in [-0.2, -0.15) is 5.26 Å². The van der Waals surface area contributed by atoms with Crippen LogP contribution in [0.3, 0.4) is 0 Å². The van der Waals surface area contributed by atoms with Crippen LogP contribution in [0.4, 0.5) is 0 Å². The van der Waals surface area contributed by atoms with Gasteiger partial charge in [0.1, 0.15) is 0 Å². The Morgan fingerprint density at radius 2 is 2.35 bits per heavy atom. The number of carbonyl (C=O) groups is 1. The van der Waals surface area contributed by atoms with Crippen LogP contribution in [0.2, 0.25) is 0 Å². The van der Waals surface area contributed by atoms with Crippen molar-refractivity contribution in [2.45, 2.75) is 51.5 Å². The van der Waals surface area contributed by atoms with E-state index in [0.717, 1.165) is 25.9 Å². The fraction of sp³-hybridized carbons (Fsp3) is 0.846. The molecule has 1 heterocycles. The number of piperidine rings is 1. The minimum atomic E-state index is -0.0929. The van der Waals surface area contributed by atoms with E-state index in [2.05, 4.69) is 11.0 Å². The molecule has 0 aromatic carbocycles. The molecule has 1 fully saturated rings. The standard InChI is InChI=1S/C13H22N2O2/c1-2-17-13(16)11-12-7-3-5-9-15(12)10-6-4-8-14/h12H,2-7,9-11H2,1H3. The van der Waals surface area contributed by atoms with Gasteiger partial charge in [-0.05, 0) is 39.3 Å². The molecule has 1 aliphatic heterocycles. The van der Waals surface area contributed by atoms with Crippen molar-refractivity contribution in [3.8, 4) is 6.07 Å². The monoisotopic (exact) mass is 238 g/mol. The van der Waals surface area contributed by atoms with Crippen molar-refractivity contribution < 1.29 is 9.53 Å². The first-order valence-electron chi connectivity index (χ1n) is 6.54. The molecule has 1 aliphatic rings. The third kappa shape index (κ3) is 5.18. The third-order valence-corrected chi connectivity index (χ3v) is 3.19. The highest BCUT2D eigenvalue weighted by Crippen LogP contribution is 2.20. The molecule has 1 atom stereocenters. The van der Waals surface area contributed by atoms with Crippen LogP contribution in [0.25, 0.3) is 0 Å². The van der Waals surface area contributed by atoms with Crippen molar-refractivity contribution in [1.82, 2.24) is 4.90 Å². The number of carbonyl (C=O) groups excluding carboxylic acids is 1. The molecule has 1 saturated heterocycles. The van der Waals surface area contributed by atoms with Gasteiger partial charge >= 0.3 is 5.97 Å². The highest BCUT2D eigenvalue weighted by atomic mass is 16.5. The van der Waals surface area contributed by atoms with Gasteiger partial charge in [0.05, 0.1) is 19.1 Å². The van der Waals surface area contributed by atoms with Crippen LogP contribution in [0.1, 0.15) is 45.4 Å². The van der Waals surface area contributed by atoms with E-state index in [1.807, 2.05) is 6.92 Å². The van der Waals surface area contributed by atoms with Crippen LogP contribution in [0, 0.1) is 11.3 Å². The summed E-state index contributed by atoms with van der Waals surface area (Å²) in [6, 6.07) is 2.49. The van der Waals surface area contributed by atoms with E-state index in [1.54, 1.807) is 0 Å². The highest BCUT2D eigenvalue weighted by molar-refractivity contribution is 5.70. The van der Waals surface area contributed by atoms with Crippen LogP contribution in [0.5, 0.6) is 0 Å². The number of esters is 1. The fourth-order valence-electron chi connectivity index (χ4n) is 2.36. The Morgan fingerprint density at radius 1 is 1.53 bits per heavy atom. The zero-order valence-corrected chi connectivity index (χ0v) is 10.7. The second-order valence-electron chi connectivity index (χ2n) is 4.46. The van der Waals surface area contributed by atoms with E-state index in [4.69, 9.17) is 10.00 Å². The van der Waals surface area contributed by atoms with Gasteiger partial charge in [0.2, 0.25) is 0 Å². The molecule has 0 saturated carbocycles. The molecule has 0 aromatic heterocycles. The van der Waals surface area contributed by atoms with Crippen molar-refractivity contribution in [3.05, 3.63) is 0 Å². The fourth-order valence-corrected chi connectivity index (χ4v) is 2.36. The normalized spacial score (nSPS) is 20.8. The summed E-state index contributed by atoms with van der Waals surface area (Å²) < 4.78 is 5.00. The maximum absolute atomic E-state index is 11.5. The molecule has 4 heteroatoms. The zero-order chi connectivity index (χ0) is 12.5. The van der Waals surface area contributed by atoms with Gasteiger partial charge in [0, 0.05) is 12.5 Å². The Kier molecular flexibility index (Phi) is 6.64. The summed E-state index contributed by atoms with van der Waals surface area (Å²) in [5, 5.41) is 8.53. The maximum Gasteiger partial charge on any atom is 0.307 e. The molecular formula is C13H22N2O2. The molecule has 96 valence electrons. The Balaban J connectivity index is 2.37. The van der Waals surface area contributed by atoms with E-state index in [9.17, 15) is 4.79 Å². The smallest absolute Gasteiger partial charge is 0.307 e. The molecule has 0 bridgehead atoms. The van der Waals surface area contributed by atoms with Gasteiger partial charge in [-0.1, -0.05) is 6.42 Å². The molecule has 17 heavy (non-hydrogen) atoms. The van der Waals surface area contributed by atoms with E-state index in [-0.39, 0.29) is 5.97 Å². The van der Waals surface area contributed by atoms with E-state index < -0.39 is 0 Å². The topological polar surface area (TPSA) is 53.3 Å². The summed E-state index contributed by atoms with van der Waals surface area (Å²) in [5.74, 6) is -0.0929. The molecule has 0 aromatic rings. The zero-order valence-electron chi connectivity index (χ0n) is 10.7. The number of unbranched alkanes of at least 4 members (excludes halogenated alkanes) is 1. The Morgan fingerprint density at radius 3 is 3.06 bits per heavy atom. The van der Waals surface area contributed by atoms with E-state index >= 15 is 0 Å². The van der Waals surface area contributed by atoms with Crippen LogP contribution in [-0.4, -0.2) is 36.6 Å². The molecule has 1 unspecified atom stereocenters. The van der Waals surface area contributed by atoms with Crippen molar-refractivity contribution >= 4 is 5.97 Å². The first-order valence-corrected chi connectivity index (χ1v) is 6.54. The first-order chi connectivity index (χ1) is 8.27. The molecule has 0 spiro atoms. The van der Waals surface area contributed by atoms with Crippen molar-refractivity contribution in [1.29, 1.82) is 5.26 Å². The molecule has 0 radical (unpaired) electrons. The number of ether oxygens (including phenoxy) is 1. The van der Waals surface area contributed by atoms with Gasteiger partial charge in [-0.15, -0.1) is 0 Å². The maximum atomic E-state index is 11.5. The average molecular weight is 238 g/mol. The summed E-state index contributed by atoms with van der Waals surface area (Å²) in [7, 11) is 0. The van der Waals surface area contributed by atoms with Gasteiger partial charge in [0.25, 0.3) is 0 Å². The number of likely N-dealkylation sites (tertiary alicyclic amines) is 1. The lowest BCUT2D eigenvalue weighted by Gasteiger charge is -2.35. The van der Waals surface area contributed by atoms with Gasteiger partial charge < -0.3 is 4.74 Å².